The van der Waals surface area contributed by atoms with E-state index in [1.165, 1.54) is 11.6 Å². The Hall–Kier alpha value is -3.08. The summed E-state index contributed by atoms with van der Waals surface area (Å²) in [5.41, 5.74) is 2.99. The number of carboxylic acids is 1. The highest BCUT2D eigenvalue weighted by Crippen LogP contribution is 2.21. The molecule has 2 rings (SSSR count). The normalized spacial score (nSPS) is 12.1. The summed E-state index contributed by atoms with van der Waals surface area (Å²) in [6, 6.07) is 14.6. The molecule has 0 saturated heterocycles. The molecular weight excluding hydrogens is 342 g/mol. The number of amides is 1. The minimum absolute atomic E-state index is 0.204. The van der Waals surface area contributed by atoms with Crippen molar-refractivity contribution in [2.75, 3.05) is 0 Å². The van der Waals surface area contributed by atoms with Crippen molar-refractivity contribution in [2.45, 2.75) is 33.4 Å². The molecule has 27 heavy (non-hydrogen) atoms. The average molecular weight is 367 g/mol. The van der Waals surface area contributed by atoms with E-state index in [4.69, 9.17) is 9.84 Å². The van der Waals surface area contributed by atoms with Crippen molar-refractivity contribution in [1.82, 2.24) is 5.32 Å². The van der Waals surface area contributed by atoms with Crippen LogP contribution in [0.4, 0.5) is 0 Å². The lowest BCUT2D eigenvalue weighted by molar-refractivity contribution is -0.142. The smallest absolute Gasteiger partial charge is 0.326 e. The highest BCUT2D eigenvalue weighted by atomic mass is 16.5. The van der Waals surface area contributed by atoms with Crippen LogP contribution in [0, 0.1) is 12.8 Å². The van der Waals surface area contributed by atoms with Gasteiger partial charge in [-0.15, -0.1) is 0 Å². The Morgan fingerprint density at radius 2 is 1.78 bits per heavy atom. The van der Waals surface area contributed by atoms with E-state index < -0.39 is 17.9 Å². The first-order valence-electron chi connectivity index (χ1n) is 8.85. The summed E-state index contributed by atoms with van der Waals surface area (Å²) >= 11 is 0. The number of carbonyl (C=O) groups excluding carboxylic acids is 1. The quantitative estimate of drug-likeness (QED) is 0.696. The van der Waals surface area contributed by atoms with Crippen LogP contribution in [0.5, 0.6) is 5.75 Å². The van der Waals surface area contributed by atoms with E-state index in [1.54, 1.807) is 19.9 Å². The SMILES string of the molecule is Cc1ccc(COc2ccccc2/C=C/C(=O)NC(C(=O)O)C(C)C)cc1. The number of benzene rings is 2. The first-order chi connectivity index (χ1) is 12.9. The Labute approximate surface area is 159 Å². The third-order valence-electron chi connectivity index (χ3n) is 4.08. The number of rotatable bonds is 8. The van der Waals surface area contributed by atoms with E-state index in [-0.39, 0.29) is 5.92 Å². The largest absolute Gasteiger partial charge is 0.488 e. The molecule has 1 amide bonds. The van der Waals surface area contributed by atoms with Crippen LogP contribution in [0.1, 0.15) is 30.5 Å². The van der Waals surface area contributed by atoms with Crippen LogP contribution in [-0.4, -0.2) is 23.0 Å². The van der Waals surface area contributed by atoms with Crippen molar-refractivity contribution < 1.29 is 19.4 Å². The fourth-order valence-electron chi connectivity index (χ4n) is 2.48. The summed E-state index contributed by atoms with van der Waals surface area (Å²) in [7, 11) is 0. The molecular formula is C22H25NO4. The first kappa shape index (κ1) is 20.2. The summed E-state index contributed by atoms with van der Waals surface area (Å²) in [5.74, 6) is -1.05. The number of carboxylic acid groups (broad SMARTS) is 1. The maximum Gasteiger partial charge on any atom is 0.326 e. The molecule has 2 N–H and O–H groups in total. The molecule has 0 aromatic heterocycles. The van der Waals surface area contributed by atoms with Gasteiger partial charge in [-0.05, 0) is 30.5 Å². The Kier molecular flexibility index (Phi) is 7.17. The Bertz CT molecular complexity index is 809. The molecule has 1 unspecified atom stereocenters. The number of nitrogens with one attached hydrogen (secondary N) is 1. The topological polar surface area (TPSA) is 75.6 Å². The van der Waals surface area contributed by atoms with Gasteiger partial charge in [0.2, 0.25) is 5.91 Å². The van der Waals surface area contributed by atoms with Gasteiger partial charge in [-0.25, -0.2) is 4.79 Å². The zero-order valence-corrected chi connectivity index (χ0v) is 15.8. The van der Waals surface area contributed by atoms with E-state index in [2.05, 4.69) is 5.32 Å². The van der Waals surface area contributed by atoms with Crippen molar-refractivity contribution in [3.8, 4) is 5.75 Å². The second-order valence-corrected chi connectivity index (χ2v) is 6.71. The van der Waals surface area contributed by atoms with Gasteiger partial charge in [0.15, 0.2) is 0 Å². The number of aryl methyl sites for hydroxylation is 1. The van der Waals surface area contributed by atoms with Crippen LogP contribution in [0.2, 0.25) is 0 Å². The lowest BCUT2D eigenvalue weighted by atomic mass is 10.0. The van der Waals surface area contributed by atoms with Gasteiger partial charge in [0.25, 0.3) is 0 Å². The molecule has 0 radical (unpaired) electrons. The van der Waals surface area contributed by atoms with Gasteiger partial charge < -0.3 is 15.2 Å². The Balaban J connectivity index is 2.03. The predicted octanol–water partition coefficient (Wildman–Crippen LogP) is 3.81. The maximum atomic E-state index is 12.1. The number of carbonyl (C=O) groups is 2. The number of ether oxygens (including phenoxy) is 1. The summed E-state index contributed by atoms with van der Waals surface area (Å²) < 4.78 is 5.88. The highest BCUT2D eigenvalue weighted by molar-refractivity contribution is 5.94. The lowest BCUT2D eigenvalue weighted by Crippen LogP contribution is -2.43. The number of hydrogen-bond acceptors (Lipinski definition) is 3. The zero-order valence-electron chi connectivity index (χ0n) is 15.8. The molecule has 0 heterocycles. The zero-order chi connectivity index (χ0) is 19.8. The van der Waals surface area contributed by atoms with Gasteiger partial charge in [-0.3, -0.25) is 4.79 Å². The van der Waals surface area contributed by atoms with Gasteiger partial charge in [0.1, 0.15) is 18.4 Å². The van der Waals surface area contributed by atoms with Gasteiger partial charge in [0.05, 0.1) is 0 Å². The van der Waals surface area contributed by atoms with Crippen molar-refractivity contribution in [1.29, 1.82) is 0 Å². The van der Waals surface area contributed by atoms with Crippen LogP contribution >= 0.6 is 0 Å². The second kappa shape index (κ2) is 9.57. The maximum absolute atomic E-state index is 12.1. The third kappa shape index (κ3) is 6.29. The summed E-state index contributed by atoms with van der Waals surface area (Å²) in [4.78, 5) is 23.2. The van der Waals surface area contributed by atoms with Crippen molar-refractivity contribution in [3.63, 3.8) is 0 Å². The predicted molar refractivity (Wildman–Crippen MR) is 105 cm³/mol. The Morgan fingerprint density at radius 3 is 2.41 bits per heavy atom. The minimum Gasteiger partial charge on any atom is -0.488 e. The van der Waals surface area contributed by atoms with E-state index in [1.807, 2.05) is 55.5 Å². The van der Waals surface area contributed by atoms with E-state index in [9.17, 15) is 9.59 Å². The molecule has 1 atom stereocenters. The van der Waals surface area contributed by atoms with Gasteiger partial charge in [-0.1, -0.05) is 61.9 Å². The van der Waals surface area contributed by atoms with Crippen LogP contribution in [0.15, 0.2) is 54.6 Å². The average Bonchev–Trinajstić information content (AvgIpc) is 2.64. The minimum atomic E-state index is -1.05. The summed E-state index contributed by atoms with van der Waals surface area (Å²) in [6.45, 7) is 5.95. The molecule has 5 heteroatoms. The fourth-order valence-corrected chi connectivity index (χ4v) is 2.48. The second-order valence-electron chi connectivity index (χ2n) is 6.71. The van der Waals surface area contributed by atoms with Gasteiger partial charge >= 0.3 is 5.97 Å². The monoisotopic (exact) mass is 367 g/mol. The number of hydrogen-bond donors (Lipinski definition) is 2. The fraction of sp³-hybridized carbons (Fsp3) is 0.273. The molecule has 0 aliphatic heterocycles. The van der Waals surface area contributed by atoms with Crippen LogP contribution < -0.4 is 10.1 Å². The van der Waals surface area contributed by atoms with Crippen LogP contribution in [-0.2, 0) is 16.2 Å². The van der Waals surface area contributed by atoms with E-state index in [0.717, 1.165) is 11.1 Å². The molecule has 0 bridgehead atoms. The van der Waals surface area contributed by atoms with Crippen molar-refractivity contribution in [2.24, 2.45) is 5.92 Å². The van der Waals surface area contributed by atoms with Crippen molar-refractivity contribution >= 4 is 18.0 Å². The molecule has 2 aromatic rings. The van der Waals surface area contributed by atoms with Gasteiger partial charge in [-0.2, -0.15) is 0 Å². The molecule has 0 aliphatic carbocycles. The summed E-state index contributed by atoms with van der Waals surface area (Å²) in [5, 5.41) is 11.7. The molecule has 0 aliphatic rings. The first-order valence-corrected chi connectivity index (χ1v) is 8.85. The van der Waals surface area contributed by atoms with Crippen molar-refractivity contribution in [3.05, 3.63) is 71.3 Å². The van der Waals surface area contributed by atoms with Crippen LogP contribution in [0.25, 0.3) is 6.08 Å². The van der Waals surface area contributed by atoms with E-state index in [0.29, 0.717) is 12.4 Å². The molecule has 5 nitrogen and oxygen atoms in total. The number of aliphatic carboxylic acids is 1. The number of para-hydroxylation sites is 1. The van der Waals surface area contributed by atoms with Gasteiger partial charge in [0, 0.05) is 11.6 Å². The lowest BCUT2D eigenvalue weighted by Gasteiger charge is -2.16. The standard InChI is InChI=1S/C22H25NO4/c1-15(2)21(22(25)26)23-20(24)13-12-18-6-4-5-7-19(18)27-14-17-10-8-16(3)9-11-17/h4-13,15,21H,14H2,1-3H3,(H,23,24)(H,25,26)/b13-12+. The van der Waals surface area contributed by atoms with E-state index >= 15 is 0 Å². The molecule has 0 saturated carbocycles. The highest BCUT2D eigenvalue weighted by Gasteiger charge is 2.22. The molecule has 0 fully saturated rings. The summed E-state index contributed by atoms with van der Waals surface area (Å²) in [6.07, 6.45) is 2.95. The third-order valence-corrected chi connectivity index (χ3v) is 4.08. The Morgan fingerprint density at radius 1 is 1.11 bits per heavy atom. The molecule has 2 aromatic carbocycles. The molecule has 0 spiro atoms. The van der Waals surface area contributed by atoms with Crippen LogP contribution in [0.3, 0.4) is 0 Å². The molecule has 142 valence electrons.